The highest BCUT2D eigenvalue weighted by Crippen LogP contribution is 2.29. The van der Waals surface area contributed by atoms with Crippen molar-refractivity contribution in [1.29, 1.82) is 0 Å². The Hall–Kier alpha value is -3.62. The summed E-state index contributed by atoms with van der Waals surface area (Å²) in [7, 11) is 1.53. The van der Waals surface area contributed by atoms with Gasteiger partial charge in [0.05, 0.1) is 18.4 Å². The zero-order valence-corrected chi connectivity index (χ0v) is 20.3. The van der Waals surface area contributed by atoms with Gasteiger partial charge in [0.25, 0.3) is 5.91 Å². The third-order valence-corrected chi connectivity index (χ3v) is 5.79. The van der Waals surface area contributed by atoms with Crippen molar-refractivity contribution in [3.05, 3.63) is 53.6 Å². The number of nitrogens with zero attached hydrogens (tertiary/aromatic N) is 4. The van der Waals surface area contributed by atoms with E-state index in [1.165, 1.54) is 7.11 Å². The zero-order valence-electron chi connectivity index (χ0n) is 20.3. The van der Waals surface area contributed by atoms with Crippen molar-refractivity contribution in [3.63, 3.8) is 0 Å². The van der Waals surface area contributed by atoms with Crippen LogP contribution in [0.4, 0.5) is 10.6 Å². The minimum atomic E-state index is -0.494. The molecule has 0 aromatic carbocycles. The standard InChI is InChI=1S/C25H31N5O4/c1-16-14-30-15-19(20(33-5)12-22(30)27-16)23(31)28-21-7-6-18(13-26-21)17-8-10-29(11-9-17)24(32)34-25(2,3)4/h6-7,12-15,17H,8-11H2,1-5H3,(H,26,28,31). The molecule has 9 heteroatoms. The van der Waals surface area contributed by atoms with E-state index in [1.807, 2.05) is 40.0 Å². The molecule has 0 radical (unpaired) electrons. The average Bonchev–Trinajstić information content (AvgIpc) is 3.16. The second-order valence-corrected chi connectivity index (χ2v) is 9.58. The third-order valence-electron chi connectivity index (χ3n) is 5.79. The molecule has 4 rings (SSSR count). The molecule has 34 heavy (non-hydrogen) atoms. The summed E-state index contributed by atoms with van der Waals surface area (Å²) in [5.74, 6) is 0.909. The molecule has 9 nitrogen and oxygen atoms in total. The maximum Gasteiger partial charge on any atom is 0.410 e. The number of piperidine rings is 1. The Morgan fingerprint density at radius 2 is 1.88 bits per heavy atom. The number of rotatable bonds is 4. The van der Waals surface area contributed by atoms with E-state index in [9.17, 15) is 9.59 Å². The van der Waals surface area contributed by atoms with Crippen LogP contribution >= 0.6 is 0 Å². The number of imidazole rings is 1. The number of pyridine rings is 2. The zero-order chi connectivity index (χ0) is 24.5. The number of carbonyl (C=O) groups excluding carboxylic acids is 2. The first kappa shape index (κ1) is 23.5. The van der Waals surface area contributed by atoms with E-state index in [4.69, 9.17) is 9.47 Å². The number of amides is 2. The number of aromatic nitrogens is 3. The van der Waals surface area contributed by atoms with Crippen molar-refractivity contribution < 1.29 is 19.1 Å². The topological polar surface area (TPSA) is 98.1 Å². The van der Waals surface area contributed by atoms with Gasteiger partial charge in [0, 0.05) is 37.7 Å². The highest BCUT2D eigenvalue weighted by molar-refractivity contribution is 6.05. The van der Waals surface area contributed by atoms with Gasteiger partial charge in [-0.3, -0.25) is 4.79 Å². The lowest BCUT2D eigenvalue weighted by molar-refractivity contribution is 0.0204. The molecule has 1 N–H and O–H groups in total. The third kappa shape index (κ3) is 5.30. The molecule has 1 aliphatic rings. The average molecular weight is 466 g/mol. The molecular formula is C25H31N5O4. The number of aryl methyl sites for hydroxylation is 1. The second kappa shape index (κ2) is 9.32. The van der Waals surface area contributed by atoms with E-state index in [0.717, 1.165) is 24.1 Å². The molecule has 0 aliphatic carbocycles. The molecule has 0 saturated carbocycles. The van der Waals surface area contributed by atoms with E-state index < -0.39 is 5.60 Å². The monoisotopic (exact) mass is 465 g/mol. The molecule has 2 amide bonds. The van der Waals surface area contributed by atoms with Gasteiger partial charge < -0.3 is 24.1 Å². The SMILES string of the molecule is COc1cc2nc(C)cn2cc1C(=O)Nc1ccc(C2CCN(C(=O)OC(C)(C)C)CC2)cn1. The Kier molecular flexibility index (Phi) is 6.45. The predicted molar refractivity (Wildman–Crippen MR) is 128 cm³/mol. The molecule has 4 heterocycles. The van der Waals surface area contributed by atoms with Gasteiger partial charge >= 0.3 is 6.09 Å². The van der Waals surface area contributed by atoms with E-state index in [-0.39, 0.29) is 12.0 Å². The van der Waals surface area contributed by atoms with Crippen LogP contribution in [0.2, 0.25) is 0 Å². The summed E-state index contributed by atoms with van der Waals surface area (Å²) in [6.45, 7) is 8.80. The fourth-order valence-corrected chi connectivity index (χ4v) is 4.11. The molecule has 1 fully saturated rings. The van der Waals surface area contributed by atoms with Crippen molar-refractivity contribution >= 4 is 23.5 Å². The van der Waals surface area contributed by atoms with Gasteiger partial charge in [-0.05, 0) is 58.1 Å². The lowest BCUT2D eigenvalue weighted by Crippen LogP contribution is -2.41. The molecule has 0 unspecified atom stereocenters. The highest BCUT2D eigenvalue weighted by atomic mass is 16.6. The molecule has 180 valence electrons. The number of nitrogens with one attached hydrogen (secondary N) is 1. The Labute approximate surface area is 199 Å². The number of anilines is 1. The smallest absolute Gasteiger partial charge is 0.410 e. The van der Waals surface area contributed by atoms with Crippen LogP contribution in [-0.4, -0.2) is 57.1 Å². The number of ether oxygens (including phenoxy) is 2. The van der Waals surface area contributed by atoms with Crippen molar-refractivity contribution in [2.45, 2.75) is 52.1 Å². The van der Waals surface area contributed by atoms with Crippen LogP contribution in [0.3, 0.4) is 0 Å². The second-order valence-electron chi connectivity index (χ2n) is 9.58. The summed E-state index contributed by atoms with van der Waals surface area (Å²) < 4.78 is 12.7. The summed E-state index contributed by atoms with van der Waals surface area (Å²) in [6.07, 6.45) is 6.77. The number of fused-ring (bicyclic) bond motifs is 1. The lowest BCUT2D eigenvalue weighted by Gasteiger charge is -2.33. The fraction of sp³-hybridized carbons (Fsp3) is 0.440. The maximum absolute atomic E-state index is 12.9. The van der Waals surface area contributed by atoms with Crippen molar-refractivity contribution in [2.75, 3.05) is 25.5 Å². The Bertz CT molecular complexity index is 1190. The van der Waals surface area contributed by atoms with E-state index in [1.54, 1.807) is 33.8 Å². The molecule has 0 atom stereocenters. The number of carbonyl (C=O) groups is 2. The number of methoxy groups -OCH3 is 1. The van der Waals surface area contributed by atoms with E-state index >= 15 is 0 Å². The van der Waals surface area contributed by atoms with Crippen LogP contribution in [0.25, 0.3) is 5.65 Å². The molecule has 3 aromatic heterocycles. The molecule has 0 spiro atoms. The van der Waals surface area contributed by atoms with Gasteiger partial charge in [-0.25, -0.2) is 14.8 Å². The molecule has 3 aromatic rings. The summed E-state index contributed by atoms with van der Waals surface area (Å²) in [4.78, 5) is 35.8. The molecule has 1 aliphatic heterocycles. The summed E-state index contributed by atoms with van der Waals surface area (Å²) in [6, 6.07) is 5.53. The van der Waals surface area contributed by atoms with E-state index in [2.05, 4.69) is 15.3 Å². The molecule has 0 bridgehead atoms. The van der Waals surface area contributed by atoms with Gasteiger partial charge in [0.1, 0.15) is 22.8 Å². The van der Waals surface area contributed by atoms with Crippen LogP contribution in [0.5, 0.6) is 5.75 Å². The Balaban J connectivity index is 1.39. The molecule has 1 saturated heterocycles. The number of hydrogen-bond acceptors (Lipinski definition) is 6. The molecular weight excluding hydrogens is 434 g/mol. The van der Waals surface area contributed by atoms with Crippen molar-refractivity contribution in [3.8, 4) is 5.75 Å². The first-order valence-electron chi connectivity index (χ1n) is 11.4. The van der Waals surface area contributed by atoms with Gasteiger partial charge in [0.15, 0.2) is 0 Å². The summed E-state index contributed by atoms with van der Waals surface area (Å²) in [5.41, 5.74) is 2.56. The van der Waals surface area contributed by atoms with Crippen LogP contribution in [0, 0.1) is 6.92 Å². The normalized spacial score (nSPS) is 14.8. The van der Waals surface area contributed by atoms with Gasteiger partial charge in [-0.15, -0.1) is 0 Å². The fourth-order valence-electron chi connectivity index (χ4n) is 4.11. The predicted octanol–water partition coefficient (Wildman–Crippen LogP) is 4.41. The first-order valence-corrected chi connectivity index (χ1v) is 11.4. The van der Waals surface area contributed by atoms with Crippen LogP contribution in [0.1, 0.15) is 61.1 Å². The highest BCUT2D eigenvalue weighted by Gasteiger charge is 2.27. The minimum absolute atomic E-state index is 0.262. The maximum atomic E-state index is 12.9. The number of likely N-dealkylation sites (tertiary alicyclic amines) is 1. The van der Waals surface area contributed by atoms with Gasteiger partial charge in [-0.1, -0.05) is 6.07 Å². The Morgan fingerprint density at radius 3 is 2.50 bits per heavy atom. The number of hydrogen-bond donors (Lipinski definition) is 1. The van der Waals surface area contributed by atoms with Crippen LogP contribution < -0.4 is 10.1 Å². The largest absolute Gasteiger partial charge is 0.496 e. The van der Waals surface area contributed by atoms with Gasteiger partial charge in [0.2, 0.25) is 0 Å². The quantitative estimate of drug-likeness (QED) is 0.613. The van der Waals surface area contributed by atoms with Crippen LogP contribution in [-0.2, 0) is 4.74 Å². The Morgan fingerprint density at radius 1 is 1.15 bits per heavy atom. The summed E-state index contributed by atoms with van der Waals surface area (Å²) >= 11 is 0. The van der Waals surface area contributed by atoms with Crippen molar-refractivity contribution in [2.24, 2.45) is 0 Å². The minimum Gasteiger partial charge on any atom is -0.496 e. The lowest BCUT2D eigenvalue weighted by atomic mass is 9.90. The van der Waals surface area contributed by atoms with Crippen LogP contribution in [0.15, 0.2) is 36.8 Å². The first-order chi connectivity index (χ1) is 16.1. The van der Waals surface area contributed by atoms with Crippen molar-refractivity contribution in [1.82, 2.24) is 19.3 Å². The van der Waals surface area contributed by atoms with E-state index in [0.29, 0.717) is 41.8 Å². The summed E-state index contributed by atoms with van der Waals surface area (Å²) in [5, 5.41) is 2.85. The van der Waals surface area contributed by atoms with Gasteiger partial charge in [-0.2, -0.15) is 0 Å².